The molecule has 0 saturated heterocycles. The molecule has 2 aromatic rings. The molecule has 1 heterocycles. The van der Waals surface area contributed by atoms with Gasteiger partial charge >= 0.3 is 0 Å². The van der Waals surface area contributed by atoms with Gasteiger partial charge in [0.05, 0.1) is 11.5 Å². The van der Waals surface area contributed by atoms with Crippen LogP contribution in [0.4, 0.5) is 0 Å². The van der Waals surface area contributed by atoms with E-state index in [2.05, 4.69) is 20.9 Å². The minimum atomic E-state index is -3.60. The van der Waals surface area contributed by atoms with E-state index in [1.54, 1.807) is 49.8 Å². The highest BCUT2D eigenvalue weighted by Crippen LogP contribution is 2.21. The van der Waals surface area contributed by atoms with Crippen LogP contribution < -0.4 is 0 Å². The third-order valence-electron chi connectivity index (χ3n) is 3.06. The van der Waals surface area contributed by atoms with Gasteiger partial charge in [0, 0.05) is 37.1 Å². The normalized spacial score (nSPS) is 11.8. The van der Waals surface area contributed by atoms with Gasteiger partial charge in [-0.3, -0.25) is 4.98 Å². The highest BCUT2D eigenvalue weighted by atomic mass is 79.9. The second-order valence-corrected chi connectivity index (χ2v) is 7.50. The van der Waals surface area contributed by atoms with Gasteiger partial charge in [0.25, 0.3) is 0 Å². The number of pyridine rings is 1. The molecule has 0 aliphatic heterocycles. The van der Waals surface area contributed by atoms with Gasteiger partial charge in [-0.1, -0.05) is 28.1 Å². The number of sulfonamides is 1. The molecule has 5 nitrogen and oxygen atoms in total. The molecule has 0 unspecified atom stereocenters. The summed E-state index contributed by atoms with van der Waals surface area (Å²) in [5, 5.41) is 0. The summed E-state index contributed by atoms with van der Waals surface area (Å²) in [5.74, 6) is 0. The molecule has 0 N–H and O–H groups in total. The first-order chi connectivity index (χ1) is 10.5. The molecular formula is C15H17BrN2O3S. The zero-order valence-electron chi connectivity index (χ0n) is 12.1. The summed E-state index contributed by atoms with van der Waals surface area (Å²) < 4.78 is 32.8. The summed E-state index contributed by atoms with van der Waals surface area (Å²) >= 11 is 3.31. The lowest BCUT2D eigenvalue weighted by Gasteiger charge is -2.22. The van der Waals surface area contributed by atoms with Crippen LogP contribution in [-0.2, 0) is 21.3 Å². The number of hydrogen-bond acceptors (Lipinski definition) is 4. The van der Waals surface area contributed by atoms with E-state index in [1.807, 2.05) is 6.07 Å². The molecule has 2 rings (SSSR count). The first kappa shape index (κ1) is 17.1. The van der Waals surface area contributed by atoms with Crippen LogP contribution in [0.1, 0.15) is 5.56 Å². The fourth-order valence-corrected chi connectivity index (χ4v) is 3.96. The van der Waals surface area contributed by atoms with Gasteiger partial charge in [0.2, 0.25) is 10.0 Å². The zero-order chi connectivity index (χ0) is 16.0. The molecule has 118 valence electrons. The van der Waals surface area contributed by atoms with Crippen molar-refractivity contribution < 1.29 is 13.2 Å². The summed E-state index contributed by atoms with van der Waals surface area (Å²) in [6.45, 7) is 0.861. The van der Waals surface area contributed by atoms with Gasteiger partial charge in [-0.15, -0.1) is 0 Å². The molecule has 0 radical (unpaired) electrons. The highest BCUT2D eigenvalue weighted by Gasteiger charge is 2.24. The SMILES string of the molecule is COCCN(Cc1cccnc1)S(=O)(=O)c1cccc(Br)c1. The summed E-state index contributed by atoms with van der Waals surface area (Å²) in [4.78, 5) is 4.28. The van der Waals surface area contributed by atoms with Gasteiger partial charge in [0.1, 0.15) is 0 Å². The predicted octanol–water partition coefficient (Wildman–Crippen LogP) is 2.68. The minimum absolute atomic E-state index is 0.252. The Bertz CT molecular complexity index is 708. The van der Waals surface area contributed by atoms with E-state index in [9.17, 15) is 8.42 Å². The van der Waals surface area contributed by atoms with Gasteiger partial charge in [0.15, 0.2) is 0 Å². The van der Waals surface area contributed by atoms with Gasteiger partial charge in [-0.05, 0) is 29.8 Å². The molecule has 0 aliphatic carbocycles. The average molecular weight is 385 g/mol. The van der Waals surface area contributed by atoms with Crippen molar-refractivity contribution >= 4 is 26.0 Å². The van der Waals surface area contributed by atoms with E-state index < -0.39 is 10.0 Å². The molecular weight excluding hydrogens is 368 g/mol. The van der Waals surface area contributed by atoms with E-state index >= 15 is 0 Å². The lowest BCUT2D eigenvalue weighted by molar-refractivity contribution is 0.177. The maximum atomic E-state index is 12.8. The monoisotopic (exact) mass is 384 g/mol. The van der Waals surface area contributed by atoms with Crippen LogP contribution >= 0.6 is 15.9 Å². The van der Waals surface area contributed by atoms with Crippen LogP contribution in [0.3, 0.4) is 0 Å². The van der Waals surface area contributed by atoms with E-state index in [0.29, 0.717) is 6.61 Å². The van der Waals surface area contributed by atoms with Crippen molar-refractivity contribution in [1.29, 1.82) is 0 Å². The zero-order valence-corrected chi connectivity index (χ0v) is 14.5. The summed E-state index contributed by atoms with van der Waals surface area (Å²) in [6.07, 6.45) is 3.32. The summed E-state index contributed by atoms with van der Waals surface area (Å²) in [6, 6.07) is 10.3. The number of methoxy groups -OCH3 is 1. The Morgan fingerprint density at radius 2 is 2.09 bits per heavy atom. The number of halogens is 1. The second kappa shape index (κ2) is 7.82. The maximum Gasteiger partial charge on any atom is 0.243 e. The van der Waals surface area contributed by atoms with Gasteiger partial charge in [-0.25, -0.2) is 8.42 Å². The van der Waals surface area contributed by atoms with Crippen molar-refractivity contribution in [2.75, 3.05) is 20.3 Å². The van der Waals surface area contributed by atoms with Crippen LogP contribution in [0.5, 0.6) is 0 Å². The van der Waals surface area contributed by atoms with E-state index in [0.717, 1.165) is 10.0 Å². The van der Waals surface area contributed by atoms with Crippen molar-refractivity contribution in [3.05, 3.63) is 58.8 Å². The Labute approximate surface area is 139 Å². The smallest absolute Gasteiger partial charge is 0.243 e. The number of ether oxygens (including phenoxy) is 1. The van der Waals surface area contributed by atoms with Crippen molar-refractivity contribution in [1.82, 2.24) is 9.29 Å². The molecule has 0 amide bonds. The fraction of sp³-hybridized carbons (Fsp3) is 0.267. The van der Waals surface area contributed by atoms with Crippen LogP contribution in [0, 0.1) is 0 Å². The molecule has 0 atom stereocenters. The molecule has 0 bridgehead atoms. The molecule has 0 spiro atoms. The third kappa shape index (κ3) is 4.36. The average Bonchev–Trinajstić information content (AvgIpc) is 2.52. The third-order valence-corrected chi connectivity index (χ3v) is 5.39. The van der Waals surface area contributed by atoms with Crippen LogP contribution in [0.2, 0.25) is 0 Å². The lowest BCUT2D eigenvalue weighted by Crippen LogP contribution is -2.33. The van der Waals surface area contributed by atoms with Crippen molar-refractivity contribution in [2.45, 2.75) is 11.4 Å². The number of hydrogen-bond donors (Lipinski definition) is 0. The summed E-state index contributed by atoms with van der Waals surface area (Å²) in [7, 11) is -2.05. The van der Waals surface area contributed by atoms with Gasteiger partial charge < -0.3 is 4.74 Å². The minimum Gasteiger partial charge on any atom is -0.383 e. The standard InChI is InChI=1S/C15H17BrN2O3S/c1-21-9-8-18(12-13-4-3-7-17-11-13)22(19,20)15-6-2-5-14(16)10-15/h2-7,10-11H,8-9,12H2,1H3. The number of nitrogens with zero attached hydrogens (tertiary/aromatic N) is 2. The molecule has 0 saturated carbocycles. The molecule has 1 aromatic heterocycles. The maximum absolute atomic E-state index is 12.8. The van der Waals surface area contributed by atoms with Crippen LogP contribution in [0.25, 0.3) is 0 Å². The highest BCUT2D eigenvalue weighted by molar-refractivity contribution is 9.10. The lowest BCUT2D eigenvalue weighted by atomic mass is 10.3. The largest absolute Gasteiger partial charge is 0.383 e. The fourth-order valence-electron chi connectivity index (χ4n) is 1.95. The molecule has 7 heteroatoms. The van der Waals surface area contributed by atoms with E-state index in [-0.39, 0.29) is 18.0 Å². The summed E-state index contributed by atoms with van der Waals surface area (Å²) in [5.41, 5.74) is 0.831. The van der Waals surface area contributed by atoms with Crippen molar-refractivity contribution in [2.24, 2.45) is 0 Å². The Hall–Kier alpha value is -1.28. The van der Waals surface area contributed by atoms with Crippen LogP contribution in [0.15, 0.2) is 58.2 Å². The first-order valence-electron chi connectivity index (χ1n) is 6.67. The number of benzene rings is 1. The Morgan fingerprint density at radius 3 is 2.73 bits per heavy atom. The topological polar surface area (TPSA) is 59.5 Å². The molecule has 0 aliphatic rings. The molecule has 22 heavy (non-hydrogen) atoms. The first-order valence-corrected chi connectivity index (χ1v) is 8.91. The van der Waals surface area contributed by atoms with E-state index in [1.165, 1.54) is 4.31 Å². The molecule has 1 aromatic carbocycles. The number of aromatic nitrogens is 1. The molecule has 0 fully saturated rings. The Kier molecular flexibility index (Phi) is 6.07. The quantitative estimate of drug-likeness (QED) is 0.736. The van der Waals surface area contributed by atoms with E-state index in [4.69, 9.17) is 4.74 Å². The van der Waals surface area contributed by atoms with Crippen molar-refractivity contribution in [3.63, 3.8) is 0 Å². The van der Waals surface area contributed by atoms with Crippen molar-refractivity contribution in [3.8, 4) is 0 Å². The Balaban J connectivity index is 2.31. The second-order valence-electron chi connectivity index (χ2n) is 4.65. The number of rotatable bonds is 7. The predicted molar refractivity (Wildman–Crippen MR) is 87.9 cm³/mol. The van der Waals surface area contributed by atoms with Gasteiger partial charge in [-0.2, -0.15) is 4.31 Å². The Morgan fingerprint density at radius 1 is 1.27 bits per heavy atom. The van der Waals surface area contributed by atoms with Crippen LogP contribution in [-0.4, -0.2) is 38.0 Å².